The highest BCUT2D eigenvalue weighted by molar-refractivity contribution is 6.33. The average Bonchev–Trinajstić information content (AvgIpc) is 2.71. The van der Waals surface area contributed by atoms with Crippen molar-refractivity contribution in [3.8, 4) is 11.3 Å². The monoisotopic (exact) mass is 236 g/mol. The molecule has 0 fully saturated rings. The van der Waals surface area contributed by atoms with Gasteiger partial charge in [-0.25, -0.2) is 4.98 Å². The van der Waals surface area contributed by atoms with E-state index in [0.29, 0.717) is 16.9 Å². The Kier molecular flexibility index (Phi) is 2.83. The highest BCUT2D eigenvalue weighted by atomic mass is 35.5. The van der Waals surface area contributed by atoms with E-state index >= 15 is 0 Å². The lowest BCUT2D eigenvalue weighted by atomic mass is 10.2. The van der Waals surface area contributed by atoms with Crippen molar-refractivity contribution in [2.45, 2.75) is 19.9 Å². The second-order valence-corrected chi connectivity index (χ2v) is 4.27. The number of halogens is 1. The number of pyridine rings is 1. The molecule has 0 bridgehead atoms. The van der Waals surface area contributed by atoms with Gasteiger partial charge in [0.1, 0.15) is 5.82 Å². The van der Waals surface area contributed by atoms with Gasteiger partial charge in [0, 0.05) is 24.0 Å². The first-order chi connectivity index (χ1) is 7.58. The first-order valence-corrected chi connectivity index (χ1v) is 5.42. The number of hydrogen-bond acceptors (Lipinski definition) is 3. The van der Waals surface area contributed by atoms with Crippen LogP contribution >= 0.6 is 11.6 Å². The molecule has 4 nitrogen and oxygen atoms in total. The van der Waals surface area contributed by atoms with Crippen LogP contribution in [0.3, 0.4) is 0 Å². The van der Waals surface area contributed by atoms with Crippen molar-refractivity contribution in [2.24, 2.45) is 0 Å². The van der Waals surface area contributed by atoms with Crippen molar-refractivity contribution in [2.75, 3.05) is 5.73 Å². The summed E-state index contributed by atoms with van der Waals surface area (Å²) in [5.74, 6) is 0.341. The van der Waals surface area contributed by atoms with Gasteiger partial charge in [-0.3, -0.25) is 4.68 Å². The van der Waals surface area contributed by atoms with Gasteiger partial charge in [-0.2, -0.15) is 5.10 Å². The summed E-state index contributed by atoms with van der Waals surface area (Å²) in [6, 6.07) is 4.05. The third-order valence-electron chi connectivity index (χ3n) is 2.30. The fraction of sp³-hybridized carbons (Fsp3) is 0.273. The number of nitrogen functional groups attached to an aromatic ring is 1. The second-order valence-electron chi connectivity index (χ2n) is 3.87. The van der Waals surface area contributed by atoms with Crippen molar-refractivity contribution in [1.82, 2.24) is 14.8 Å². The maximum Gasteiger partial charge on any atom is 0.142 e. The van der Waals surface area contributed by atoms with E-state index in [1.807, 2.05) is 16.9 Å². The summed E-state index contributed by atoms with van der Waals surface area (Å²) in [4.78, 5) is 4.01. The van der Waals surface area contributed by atoms with E-state index in [0.717, 1.165) is 11.3 Å². The smallest absolute Gasteiger partial charge is 0.142 e. The van der Waals surface area contributed by atoms with Crippen molar-refractivity contribution in [1.29, 1.82) is 0 Å². The summed E-state index contributed by atoms with van der Waals surface area (Å²) in [6.45, 7) is 4.15. The molecule has 16 heavy (non-hydrogen) atoms. The first kappa shape index (κ1) is 11.0. The lowest BCUT2D eigenvalue weighted by Gasteiger charge is -2.04. The average molecular weight is 237 g/mol. The van der Waals surface area contributed by atoms with Gasteiger partial charge < -0.3 is 5.73 Å². The lowest BCUT2D eigenvalue weighted by molar-refractivity contribution is 0.534. The van der Waals surface area contributed by atoms with E-state index in [-0.39, 0.29) is 0 Å². The van der Waals surface area contributed by atoms with Gasteiger partial charge in [0.15, 0.2) is 0 Å². The zero-order valence-electron chi connectivity index (χ0n) is 9.18. The molecule has 0 unspecified atom stereocenters. The molecule has 0 spiro atoms. The zero-order chi connectivity index (χ0) is 11.7. The predicted octanol–water partition coefficient (Wildman–Crippen LogP) is 2.76. The van der Waals surface area contributed by atoms with Crippen LogP contribution in [-0.4, -0.2) is 14.8 Å². The molecule has 2 rings (SSSR count). The molecule has 0 atom stereocenters. The van der Waals surface area contributed by atoms with E-state index in [1.54, 1.807) is 12.3 Å². The first-order valence-electron chi connectivity index (χ1n) is 5.04. The minimum absolute atomic E-state index is 0.339. The van der Waals surface area contributed by atoms with Crippen molar-refractivity contribution >= 4 is 17.4 Å². The van der Waals surface area contributed by atoms with Crippen LogP contribution in [0.1, 0.15) is 19.9 Å². The Morgan fingerprint density at radius 3 is 2.75 bits per heavy atom. The molecule has 0 radical (unpaired) electrons. The SMILES string of the molecule is CC(C)n1ccc(-c2cnc(N)c(Cl)c2)n1. The summed E-state index contributed by atoms with van der Waals surface area (Å²) in [5.41, 5.74) is 7.28. The van der Waals surface area contributed by atoms with Crippen molar-refractivity contribution < 1.29 is 0 Å². The zero-order valence-corrected chi connectivity index (χ0v) is 9.94. The number of anilines is 1. The van der Waals surface area contributed by atoms with Crippen LogP contribution < -0.4 is 5.73 Å². The Balaban J connectivity index is 2.39. The van der Waals surface area contributed by atoms with Gasteiger partial charge in [-0.1, -0.05) is 11.6 Å². The molecule has 0 saturated heterocycles. The highest BCUT2D eigenvalue weighted by Crippen LogP contribution is 2.24. The van der Waals surface area contributed by atoms with E-state index in [1.165, 1.54) is 0 Å². The summed E-state index contributed by atoms with van der Waals surface area (Å²) in [6.07, 6.45) is 3.61. The Hall–Kier alpha value is -1.55. The fourth-order valence-electron chi connectivity index (χ4n) is 1.37. The Labute approximate surface area is 99.1 Å². The van der Waals surface area contributed by atoms with Gasteiger partial charge in [0.2, 0.25) is 0 Å². The third-order valence-corrected chi connectivity index (χ3v) is 2.61. The summed E-state index contributed by atoms with van der Waals surface area (Å²) in [7, 11) is 0. The number of rotatable bonds is 2. The summed E-state index contributed by atoms with van der Waals surface area (Å²) < 4.78 is 1.89. The van der Waals surface area contributed by atoms with Crippen LogP contribution in [0.25, 0.3) is 11.3 Å². The van der Waals surface area contributed by atoms with E-state index in [2.05, 4.69) is 23.9 Å². The molecular weight excluding hydrogens is 224 g/mol. The minimum atomic E-state index is 0.339. The summed E-state index contributed by atoms with van der Waals surface area (Å²) >= 11 is 5.91. The highest BCUT2D eigenvalue weighted by Gasteiger charge is 2.06. The van der Waals surface area contributed by atoms with Crippen LogP contribution in [0.15, 0.2) is 24.5 Å². The molecule has 0 saturated carbocycles. The topological polar surface area (TPSA) is 56.7 Å². The summed E-state index contributed by atoms with van der Waals surface area (Å²) in [5, 5.41) is 4.88. The van der Waals surface area contributed by atoms with Gasteiger partial charge in [0.05, 0.1) is 10.7 Å². The Morgan fingerprint density at radius 2 is 2.19 bits per heavy atom. The molecule has 84 valence electrons. The fourth-order valence-corrected chi connectivity index (χ4v) is 1.53. The van der Waals surface area contributed by atoms with Gasteiger partial charge in [-0.15, -0.1) is 0 Å². The number of aromatic nitrogens is 3. The lowest BCUT2D eigenvalue weighted by Crippen LogP contribution is -2.00. The molecule has 0 amide bonds. The van der Waals surface area contributed by atoms with E-state index in [9.17, 15) is 0 Å². The van der Waals surface area contributed by atoms with Gasteiger partial charge >= 0.3 is 0 Å². The maximum atomic E-state index is 5.91. The molecule has 0 aliphatic carbocycles. The molecular formula is C11H13ClN4. The Morgan fingerprint density at radius 1 is 1.44 bits per heavy atom. The van der Waals surface area contributed by atoms with Crippen LogP contribution in [0.5, 0.6) is 0 Å². The van der Waals surface area contributed by atoms with Crippen LogP contribution in [-0.2, 0) is 0 Å². The standard InChI is InChI=1S/C11H13ClN4/c1-7(2)16-4-3-10(15-16)8-5-9(12)11(13)14-6-8/h3-7H,1-2H3,(H2,13,14). The number of nitrogens with two attached hydrogens (primary N) is 1. The van der Waals surface area contributed by atoms with Crippen molar-refractivity contribution in [3.05, 3.63) is 29.5 Å². The van der Waals surface area contributed by atoms with Crippen LogP contribution in [0.2, 0.25) is 5.02 Å². The quantitative estimate of drug-likeness (QED) is 0.872. The van der Waals surface area contributed by atoms with E-state index < -0.39 is 0 Å². The van der Waals surface area contributed by atoms with Crippen molar-refractivity contribution in [3.63, 3.8) is 0 Å². The third kappa shape index (κ3) is 2.02. The normalized spacial score (nSPS) is 11.0. The molecule has 0 aliphatic heterocycles. The largest absolute Gasteiger partial charge is 0.382 e. The van der Waals surface area contributed by atoms with Gasteiger partial charge in [0.25, 0.3) is 0 Å². The maximum absolute atomic E-state index is 5.91. The molecule has 0 aromatic carbocycles. The van der Waals surface area contributed by atoms with Crippen LogP contribution in [0, 0.1) is 0 Å². The molecule has 5 heteroatoms. The molecule has 2 heterocycles. The second kappa shape index (κ2) is 4.14. The number of nitrogens with zero attached hydrogens (tertiary/aromatic N) is 3. The van der Waals surface area contributed by atoms with Crippen LogP contribution in [0.4, 0.5) is 5.82 Å². The molecule has 2 N–H and O–H groups in total. The predicted molar refractivity (Wildman–Crippen MR) is 65.3 cm³/mol. The Bertz CT molecular complexity index is 504. The van der Waals surface area contributed by atoms with Gasteiger partial charge in [-0.05, 0) is 26.0 Å². The van der Waals surface area contributed by atoms with E-state index in [4.69, 9.17) is 17.3 Å². The molecule has 2 aromatic heterocycles. The number of hydrogen-bond donors (Lipinski definition) is 1. The minimum Gasteiger partial charge on any atom is -0.382 e. The molecule has 0 aliphatic rings. The molecule has 2 aromatic rings.